The Morgan fingerprint density at radius 3 is 2.38 bits per heavy atom. The molecule has 2 aromatic rings. The van der Waals surface area contributed by atoms with E-state index < -0.39 is 0 Å². The van der Waals surface area contributed by atoms with Crippen LogP contribution in [-0.2, 0) is 6.54 Å². The van der Waals surface area contributed by atoms with E-state index in [0.717, 1.165) is 31.5 Å². The summed E-state index contributed by atoms with van der Waals surface area (Å²) in [4.78, 5) is 43.0. The molecule has 0 bridgehead atoms. The molecule has 2 aliphatic heterocycles. The van der Waals surface area contributed by atoms with Crippen molar-refractivity contribution in [2.75, 3.05) is 13.1 Å². The molecule has 0 atom stereocenters. The van der Waals surface area contributed by atoms with Crippen LogP contribution >= 0.6 is 24.8 Å². The number of nitrogens with zero attached hydrogens (tertiary/aromatic N) is 2. The van der Waals surface area contributed by atoms with Gasteiger partial charge in [-0.2, -0.15) is 0 Å². The summed E-state index contributed by atoms with van der Waals surface area (Å²) in [5.41, 5.74) is 1.85. The van der Waals surface area contributed by atoms with Crippen LogP contribution in [0.3, 0.4) is 0 Å². The van der Waals surface area contributed by atoms with Crippen LogP contribution < -0.4 is 10.6 Å². The molecule has 1 saturated heterocycles. The standard InChI is InChI=1S/C20H20N4O3.2ClH/c25-18(23-15-5-9-22-10-6-15)14-1-2-16-17(11-14)20(27)24(19(16)26)12-13-3-7-21-8-4-13;;/h1-4,7-8,11,15,22H,5-6,9-10,12H2,(H,23,25);2*1H. The highest BCUT2D eigenvalue weighted by molar-refractivity contribution is 6.22. The van der Waals surface area contributed by atoms with E-state index in [-0.39, 0.29) is 60.7 Å². The molecule has 1 aromatic heterocycles. The van der Waals surface area contributed by atoms with Gasteiger partial charge in [0.15, 0.2) is 0 Å². The first kappa shape index (κ1) is 22.8. The number of fused-ring (bicyclic) bond motifs is 1. The highest BCUT2D eigenvalue weighted by Gasteiger charge is 2.36. The number of piperidine rings is 1. The van der Waals surface area contributed by atoms with Crippen LogP contribution in [0.5, 0.6) is 0 Å². The second-order valence-electron chi connectivity index (χ2n) is 6.81. The average molecular weight is 437 g/mol. The molecule has 1 fully saturated rings. The number of carbonyl (C=O) groups is 3. The van der Waals surface area contributed by atoms with E-state index in [1.165, 1.54) is 11.0 Å². The van der Waals surface area contributed by atoms with Gasteiger partial charge >= 0.3 is 0 Å². The van der Waals surface area contributed by atoms with Crippen molar-refractivity contribution in [2.24, 2.45) is 0 Å². The number of imide groups is 1. The number of pyridine rings is 1. The van der Waals surface area contributed by atoms with Crippen LogP contribution in [0.2, 0.25) is 0 Å². The fraction of sp³-hybridized carbons (Fsp3) is 0.300. The maximum Gasteiger partial charge on any atom is 0.261 e. The van der Waals surface area contributed by atoms with Crippen LogP contribution in [0.4, 0.5) is 0 Å². The quantitative estimate of drug-likeness (QED) is 0.716. The molecular formula is C20H22Cl2N4O3. The molecule has 1 aromatic carbocycles. The molecule has 0 aliphatic carbocycles. The van der Waals surface area contributed by atoms with Gasteiger partial charge in [0.1, 0.15) is 0 Å². The van der Waals surface area contributed by atoms with Gasteiger partial charge in [-0.05, 0) is 61.8 Å². The summed E-state index contributed by atoms with van der Waals surface area (Å²) in [7, 11) is 0. The van der Waals surface area contributed by atoms with Crippen molar-refractivity contribution >= 4 is 42.5 Å². The van der Waals surface area contributed by atoms with E-state index >= 15 is 0 Å². The predicted molar refractivity (Wildman–Crippen MR) is 113 cm³/mol. The third kappa shape index (κ3) is 4.75. The lowest BCUT2D eigenvalue weighted by Gasteiger charge is -2.23. The van der Waals surface area contributed by atoms with E-state index in [0.29, 0.717) is 11.1 Å². The number of carbonyl (C=O) groups excluding carboxylic acids is 3. The first-order valence-electron chi connectivity index (χ1n) is 9.04. The Bertz CT molecular complexity index is 902. The topological polar surface area (TPSA) is 91.4 Å². The molecule has 2 aliphatic rings. The molecule has 9 heteroatoms. The highest BCUT2D eigenvalue weighted by atomic mass is 35.5. The van der Waals surface area contributed by atoms with Crippen molar-refractivity contribution in [1.82, 2.24) is 20.5 Å². The second-order valence-corrected chi connectivity index (χ2v) is 6.81. The van der Waals surface area contributed by atoms with Gasteiger partial charge in [-0.15, -0.1) is 24.8 Å². The fourth-order valence-electron chi connectivity index (χ4n) is 3.48. The van der Waals surface area contributed by atoms with Crippen LogP contribution in [0.1, 0.15) is 49.5 Å². The summed E-state index contributed by atoms with van der Waals surface area (Å²) in [6.07, 6.45) is 5.01. The summed E-state index contributed by atoms with van der Waals surface area (Å²) in [6.45, 7) is 1.95. The largest absolute Gasteiger partial charge is 0.349 e. The number of nitrogens with one attached hydrogen (secondary N) is 2. The fourth-order valence-corrected chi connectivity index (χ4v) is 3.48. The Morgan fingerprint density at radius 2 is 1.69 bits per heavy atom. The zero-order valence-electron chi connectivity index (χ0n) is 15.6. The first-order chi connectivity index (χ1) is 13.1. The molecule has 7 nitrogen and oxygen atoms in total. The summed E-state index contributed by atoms with van der Waals surface area (Å²) in [5.74, 6) is -0.919. The summed E-state index contributed by atoms with van der Waals surface area (Å²) >= 11 is 0. The number of benzene rings is 1. The van der Waals surface area contributed by atoms with Crippen molar-refractivity contribution < 1.29 is 14.4 Å². The van der Waals surface area contributed by atoms with Crippen molar-refractivity contribution in [3.8, 4) is 0 Å². The Hall–Kier alpha value is -2.48. The number of hydrogen-bond acceptors (Lipinski definition) is 5. The molecule has 0 saturated carbocycles. The second kappa shape index (κ2) is 9.82. The monoisotopic (exact) mass is 436 g/mol. The maximum atomic E-state index is 12.7. The third-order valence-corrected chi connectivity index (χ3v) is 5.00. The van der Waals surface area contributed by atoms with Crippen molar-refractivity contribution in [2.45, 2.75) is 25.4 Å². The normalized spacial score (nSPS) is 15.9. The zero-order chi connectivity index (χ0) is 18.8. The summed E-state index contributed by atoms with van der Waals surface area (Å²) in [6, 6.07) is 8.37. The van der Waals surface area contributed by atoms with Gasteiger partial charge in [-0.25, -0.2) is 0 Å². The zero-order valence-corrected chi connectivity index (χ0v) is 17.2. The van der Waals surface area contributed by atoms with Crippen LogP contribution in [0, 0.1) is 0 Å². The Kier molecular flexibility index (Phi) is 7.73. The lowest BCUT2D eigenvalue weighted by atomic mass is 10.0. The van der Waals surface area contributed by atoms with Crippen LogP contribution in [-0.4, -0.2) is 46.7 Å². The minimum atomic E-state index is -0.372. The Labute approximate surface area is 181 Å². The van der Waals surface area contributed by atoms with Crippen molar-refractivity contribution in [1.29, 1.82) is 0 Å². The lowest BCUT2D eigenvalue weighted by Crippen LogP contribution is -2.42. The SMILES string of the molecule is Cl.Cl.O=C(NC1CCNCC1)c1ccc2c(c1)C(=O)N(Cc1ccncc1)C2=O. The van der Waals surface area contributed by atoms with Gasteiger partial charge in [0.05, 0.1) is 17.7 Å². The van der Waals surface area contributed by atoms with Crippen molar-refractivity contribution in [3.63, 3.8) is 0 Å². The summed E-state index contributed by atoms with van der Waals surface area (Å²) in [5, 5.41) is 6.26. The van der Waals surface area contributed by atoms with Crippen LogP contribution in [0.25, 0.3) is 0 Å². The summed E-state index contributed by atoms with van der Waals surface area (Å²) < 4.78 is 0. The average Bonchev–Trinajstić information content (AvgIpc) is 2.94. The van der Waals surface area contributed by atoms with E-state index in [1.54, 1.807) is 36.7 Å². The number of halogens is 2. The van der Waals surface area contributed by atoms with Crippen molar-refractivity contribution in [3.05, 3.63) is 65.0 Å². The Morgan fingerprint density at radius 1 is 1.03 bits per heavy atom. The van der Waals surface area contributed by atoms with Crippen LogP contribution in [0.15, 0.2) is 42.7 Å². The van der Waals surface area contributed by atoms with E-state index in [4.69, 9.17) is 0 Å². The van der Waals surface area contributed by atoms with Gasteiger partial charge < -0.3 is 10.6 Å². The molecule has 2 N–H and O–H groups in total. The first-order valence-corrected chi connectivity index (χ1v) is 9.04. The van der Waals surface area contributed by atoms with Gasteiger partial charge in [-0.3, -0.25) is 24.3 Å². The Balaban J connectivity index is 0.00000150. The van der Waals surface area contributed by atoms with Gasteiger partial charge in [0.2, 0.25) is 0 Å². The minimum absolute atomic E-state index is 0. The molecular weight excluding hydrogens is 415 g/mol. The number of hydrogen-bond donors (Lipinski definition) is 2. The molecule has 3 amide bonds. The predicted octanol–water partition coefficient (Wildman–Crippen LogP) is 2.20. The van der Waals surface area contributed by atoms with E-state index in [2.05, 4.69) is 15.6 Å². The van der Waals surface area contributed by atoms with E-state index in [1.807, 2.05) is 0 Å². The maximum absolute atomic E-state index is 12.7. The molecule has 0 unspecified atom stereocenters. The van der Waals surface area contributed by atoms with Gasteiger partial charge in [0, 0.05) is 24.0 Å². The molecule has 29 heavy (non-hydrogen) atoms. The molecule has 4 rings (SSSR count). The van der Waals surface area contributed by atoms with Gasteiger partial charge in [0.25, 0.3) is 17.7 Å². The smallest absolute Gasteiger partial charge is 0.261 e. The lowest BCUT2D eigenvalue weighted by molar-refractivity contribution is 0.0642. The number of rotatable bonds is 4. The number of aromatic nitrogens is 1. The minimum Gasteiger partial charge on any atom is -0.349 e. The molecule has 3 heterocycles. The van der Waals surface area contributed by atoms with E-state index in [9.17, 15) is 14.4 Å². The third-order valence-electron chi connectivity index (χ3n) is 5.00. The highest BCUT2D eigenvalue weighted by Crippen LogP contribution is 2.25. The number of amides is 3. The van der Waals surface area contributed by atoms with Gasteiger partial charge in [-0.1, -0.05) is 0 Å². The molecule has 154 valence electrons. The molecule has 0 spiro atoms. The molecule has 0 radical (unpaired) electrons.